The molecule has 4 N–H and O–H groups in total. The molecule has 0 bridgehead atoms. The second-order valence-electron chi connectivity index (χ2n) is 6.96. The molecule has 0 fully saturated rings. The highest BCUT2D eigenvalue weighted by atomic mass is 16.5. The second kappa shape index (κ2) is 10.5. The van der Waals surface area contributed by atoms with Gasteiger partial charge in [0.1, 0.15) is 0 Å². The van der Waals surface area contributed by atoms with Gasteiger partial charge in [0.15, 0.2) is 5.96 Å². The van der Waals surface area contributed by atoms with Gasteiger partial charge < -0.3 is 26.0 Å². The first-order valence-corrected chi connectivity index (χ1v) is 9.84. The number of methoxy groups -OCH3 is 1. The van der Waals surface area contributed by atoms with Crippen LogP contribution in [-0.2, 0) is 16.1 Å². The van der Waals surface area contributed by atoms with Crippen molar-refractivity contribution < 1.29 is 9.53 Å². The van der Waals surface area contributed by atoms with Gasteiger partial charge in [-0.25, -0.2) is 0 Å². The molecule has 2 aromatic rings. The van der Waals surface area contributed by atoms with Gasteiger partial charge in [0.25, 0.3) is 0 Å². The monoisotopic (exact) mass is 395 g/mol. The van der Waals surface area contributed by atoms with Crippen molar-refractivity contribution >= 4 is 23.2 Å². The van der Waals surface area contributed by atoms with Crippen molar-refractivity contribution in [3.05, 3.63) is 59.7 Å². The Balaban J connectivity index is 1.49. The highest BCUT2D eigenvalue weighted by Gasteiger charge is 2.24. The quantitative estimate of drug-likeness (QED) is 0.314. The van der Waals surface area contributed by atoms with E-state index in [0.29, 0.717) is 26.1 Å². The maximum atomic E-state index is 12.0. The molecule has 0 spiro atoms. The molecule has 0 aliphatic carbocycles. The number of anilines is 2. The Morgan fingerprint density at radius 2 is 1.97 bits per heavy atom. The highest BCUT2D eigenvalue weighted by Crippen LogP contribution is 2.31. The molecule has 29 heavy (non-hydrogen) atoms. The minimum absolute atomic E-state index is 0.0534. The summed E-state index contributed by atoms with van der Waals surface area (Å²) < 4.78 is 5.04. The number of ether oxygens (including phenoxy) is 1. The first kappa shape index (κ1) is 20.7. The van der Waals surface area contributed by atoms with Crippen LogP contribution in [0.2, 0.25) is 0 Å². The summed E-state index contributed by atoms with van der Waals surface area (Å²) in [6.07, 6.45) is 0.471. The third kappa shape index (κ3) is 5.96. The lowest BCUT2D eigenvalue weighted by Crippen LogP contribution is -2.40. The molecule has 1 amide bonds. The van der Waals surface area contributed by atoms with Crippen molar-refractivity contribution in [1.29, 1.82) is 0 Å². The Morgan fingerprint density at radius 3 is 2.72 bits per heavy atom. The zero-order valence-electron chi connectivity index (χ0n) is 17.0. The van der Waals surface area contributed by atoms with E-state index in [-0.39, 0.29) is 11.8 Å². The lowest BCUT2D eigenvalue weighted by atomic mass is 9.90. The van der Waals surface area contributed by atoms with Crippen molar-refractivity contribution in [3.63, 3.8) is 0 Å². The van der Waals surface area contributed by atoms with Crippen LogP contribution in [0.3, 0.4) is 0 Å². The van der Waals surface area contributed by atoms with Gasteiger partial charge in [0.2, 0.25) is 5.91 Å². The lowest BCUT2D eigenvalue weighted by Gasteiger charge is -2.26. The Hall–Kier alpha value is -3.06. The zero-order chi connectivity index (χ0) is 20.5. The molecule has 0 radical (unpaired) electrons. The molecule has 1 heterocycles. The molecule has 7 nitrogen and oxygen atoms in total. The van der Waals surface area contributed by atoms with Crippen LogP contribution in [-0.4, -0.2) is 45.7 Å². The zero-order valence-corrected chi connectivity index (χ0v) is 17.0. The molecule has 1 aliphatic heterocycles. The third-order valence-corrected chi connectivity index (χ3v) is 4.90. The number of carbonyl (C=O) groups excluding carboxylic acids is 1. The second-order valence-corrected chi connectivity index (χ2v) is 6.96. The Bertz CT molecular complexity index is 835. The topological polar surface area (TPSA) is 86.8 Å². The largest absolute Gasteiger partial charge is 0.383 e. The minimum Gasteiger partial charge on any atom is -0.383 e. The number of aliphatic imine (C=N–C) groups is 1. The Kier molecular flexibility index (Phi) is 7.47. The van der Waals surface area contributed by atoms with E-state index in [2.05, 4.69) is 56.6 Å². The van der Waals surface area contributed by atoms with E-state index in [1.807, 2.05) is 18.2 Å². The number of carbonyl (C=O) groups is 1. The summed E-state index contributed by atoms with van der Waals surface area (Å²) in [7, 11) is 3.44. The van der Waals surface area contributed by atoms with E-state index >= 15 is 0 Å². The normalized spacial score (nSPS) is 16.0. The lowest BCUT2D eigenvalue weighted by molar-refractivity contribution is -0.116. The van der Waals surface area contributed by atoms with Crippen molar-refractivity contribution in [1.82, 2.24) is 10.6 Å². The van der Waals surface area contributed by atoms with Crippen molar-refractivity contribution in [2.24, 2.45) is 4.99 Å². The molecule has 7 heteroatoms. The van der Waals surface area contributed by atoms with Gasteiger partial charge >= 0.3 is 0 Å². The first-order valence-electron chi connectivity index (χ1n) is 9.84. The number of fused-ring (bicyclic) bond motifs is 1. The Morgan fingerprint density at radius 1 is 1.17 bits per heavy atom. The standard InChI is InChI=1S/C22H29N5O2/c1-23-22(25-14-16-7-9-18(10-8-16)24-11-12-29-2)26-15-17-13-21(28)27-20-6-4-3-5-19(17)20/h3-10,17,24H,11-15H2,1-2H3,(H,27,28)(H2,23,25,26). The van der Waals surface area contributed by atoms with Crippen LogP contribution in [0.5, 0.6) is 0 Å². The van der Waals surface area contributed by atoms with Gasteiger partial charge in [0.05, 0.1) is 6.61 Å². The SMILES string of the molecule is CN=C(NCc1ccc(NCCOC)cc1)NCC1CC(=O)Nc2ccccc21. The summed E-state index contributed by atoms with van der Waals surface area (Å²) in [6.45, 7) is 2.78. The van der Waals surface area contributed by atoms with Gasteiger partial charge in [0, 0.05) is 57.5 Å². The number of amides is 1. The molecule has 0 saturated heterocycles. The number of hydrogen-bond donors (Lipinski definition) is 4. The average molecular weight is 396 g/mol. The van der Waals surface area contributed by atoms with E-state index in [4.69, 9.17) is 4.74 Å². The van der Waals surface area contributed by atoms with Gasteiger partial charge in [-0.1, -0.05) is 30.3 Å². The molecule has 1 atom stereocenters. The van der Waals surface area contributed by atoms with Crippen molar-refractivity contribution in [3.8, 4) is 0 Å². The molecule has 0 aromatic heterocycles. The maximum absolute atomic E-state index is 12.0. The Labute approximate surface area is 172 Å². The predicted molar refractivity (Wildman–Crippen MR) is 117 cm³/mol. The fourth-order valence-corrected chi connectivity index (χ4v) is 3.35. The van der Waals surface area contributed by atoms with Crippen LogP contribution in [0.15, 0.2) is 53.5 Å². The van der Waals surface area contributed by atoms with Crippen LogP contribution >= 0.6 is 0 Å². The number of rotatable bonds is 8. The smallest absolute Gasteiger partial charge is 0.225 e. The molecule has 1 aliphatic rings. The minimum atomic E-state index is 0.0534. The van der Waals surface area contributed by atoms with E-state index in [1.54, 1.807) is 14.2 Å². The fraction of sp³-hybridized carbons (Fsp3) is 0.364. The number of nitrogens with zero attached hydrogens (tertiary/aromatic N) is 1. The predicted octanol–water partition coefficient (Wildman–Crippen LogP) is 2.54. The van der Waals surface area contributed by atoms with Crippen LogP contribution in [0.4, 0.5) is 11.4 Å². The van der Waals surface area contributed by atoms with Crippen LogP contribution in [0.1, 0.15) is 23.5 Å². The van der Waals surface area contributed by atoms with Crippen LogP contribution in [0, 0.1) is 0 Å². The summed E-state index contributed by atoms with van der Waals surface area (Å²) in [5.41, 5.74) is 4.29. The fourth-order valence-electron chi connectivity index (χ4n) is 3.35. The van der Waals surface area contributed by atoms with Gasteiger partial charge in [-0.05, 0) is 29.3 Å². The van der Waals surface area contributed by atoms with E-state index in [1.165, 1.54) is 0 Å². The molecule has 0 saturated carbocycles. The van der Waals surface area contributed by atoms with E-state index in [0.717, 1.165) is 35.0 Å². The van der Waals surface area contributed by atoms with Crippen molar-refractivity contribution in [2.45, 2.75) is 18.9 Å². The maximum Gasteiger partial charge on any atom is 0.225 e. The number of guanidine groups is 1. The third-order valence-electron chi connectivity index (χ3n) is 4.90. The molecular weight excluding hydrogens is 366 g/mol. The van der Waals surface area contributed by atoms with Crippen LogP contribution in [0.25, 0.3) is 0 Å². The average Bonchev–Trinajstić information content (AvgIpc) is 2.74. The van der Waals surface area contributed by atoms with Gasteiger partial charge in [-0.3, -0.25) is 9.79 Å². The number of para-hydroxylation sites is 1. The number of benzene rings is 2. The molecule has 154 valence electrons. The van der Waals surface area contributed by atoms with Crippen LogP contribution < -0.4 is 21.3 Å². The van der Waals surface area contributed by atoms with E-state index < -0.39 is 0 Å². The highest BCUT2D eigenvalue weighted by molar-refractivity contribution is 5.94. The summed E-state index contributed by atoms with van der Waals surface area (Å²) in [5.74, 6) is 0.893. The summed E-state index contributed by atoms with van der Waals surface area (Å²) in [4.78, 5) is 16.3. The molecular formula is C22H29N5O2. The summed E-state index contributed by atoms with van der Waals surface area (Å²) >= 11 is 0. The van der Waals surface area contributed by atoms with Gasteiger partial charge in [-0.2, -0.15) is 0 Å². The molecule has 1 unspecified atom stereocenters. The van der Waals surface area contributed by atoms with E-state index in [9.17, 15) is 4.79 Å². The summed E-state index contributed by atoms with van der Waals surface area (Å²) in [6, 6.07) is 16.2. The van der Waals surface area contributed by atoms with Gasteiger partial charge in [-0.15, -0.1) is 0 Å². The molecule has 3 rings (SSSR count). The number of nitrogens with one attached hydrogen (secondary N) is 4. The molecule has 2 aromatic carbocycles. The first-order chi connectivity index (χ1) is 14.2. The van der Waals surface area contributed by atoms with Crippen molar-refractivity contribution in [2.75, 3.05) is 44.5 Å². The number of hydrogen-bond acceptors (Lipinski definition) is 4. The summed E-state index contributed by atoms with van der Waals surface area (Å²) in [5, 5.41) is 12.9.